The predicted octanol–water partition coefficient (Wildman–Crippen LogP) is 2.57. The molecule has 1 rings (SSSR count). The first kappa shape index (κ1) is 13.0. The quantitative estimate of drug-likeness (QED) is 0.739. The summed E-state index contributed by atoms with van der Waals surface area (Å²) in [5.41, 5.74) is 0. The van der Waals surface area contributed by atoms with Gasteiger partial charge in [0.05, 0.1) is 6.04 Å². The van der Waals surface area contributed by atoms with Crippen LogP contribution in [0.25, 0.3) is 0 Å². The maximum Gasteiger partial charge on any atom is 0.146 e. The molecule has 0 aromatic carbocycles. The molecule has 88 valence electrons. The largest absolute Gasteiger partial charge is 0.298 e. The summed E-state index contributed by atoms with van der Waals surface area (Å²) in [7, 11) is 0. The minimum absolute atomic E-state index is 0.168. The van der Waals surface area contributed by atoms with Gasteiger partial charge < -0.3 is 0 Å². The number of thioether (sulfide) groups is 1. The highest BCUT2D eigenvalue weighted by molar-refractivity contribution is 8.00. The molecule has 0 saturated carbocycles. The van der Waals surface area contributed by atoms with Gasteiger partial charge in [-0.2, -0.15) is 11.8 Å². The SMILES string of the molecule is CC(=O)C1CC(SC(C)C)CN1C(C)C. The van der Waals surface area contributed by atoms with Crippen molar-refractivity contribution in [1.82, 2.24) is 4.90 Å². The van der Waals surface area contributed by atoms with E-state index in [0.717, 1.165) is 13.0 Å². The molecule has 15 heavy (non-hydrogen) atoms. The fraction of sp³-hybridized carbons (Fsp3) is 0.917. The van der Waals surface area contributed by atoms with E-state index in [1.54, 1.807) is 6.92 Å². The van der Waals surface area contributed by atoms with Gasteiger partial charge in [-0.1, -0.05) is 13.8 Å². The van der Waals surface area contributed by atoms with E-state index in [1.165, 1.54) is 0 Å². The highest BCUT2D eigenvalue weighted by Gasteiger charge is 2.36. The van der Waals surface area contributed by atoms with Gasteiger partial charge in [-0.3, -0.25) is 9.69 Å². The molecule has 0 N–H and O–H groups in total. The number of nitrogens with zero attached hydrogens (tertiary/aromatic N) is 1. The molecule has 0 aliphatic carbocycles. The third kappa shape index (κ3) is 3.49. The van der Waals surface area contributed by atoms with E-state index in [2.05, 4.69) is 32.6 Å². The van der Waals surface area contributed by atoms with Crippen molar-refractivity contribution in [2.75, 3.05) is 6.54 Å². The Morgan fingerprint density at radius 1 is 1.33 bits per heavy atom. The van der Waals surface area contributed by atoms with E-state index in [9.17, 15) is 4.79 Å². The first-order valence-corrected chi connectivity index (χ1v) is 6.77. The predicted molar refractivity (Wildman–Crippen MR) is 67.4 cm³/mol. The van der Waals surface area contributed by atoms with E-state index in [1.807, 2.05) is 11.8 Å². The van der Waals surface area contributed by atoms with Crippen molar-refractivity contribution in [3.8, 4) is 0 Å². The summed E-state index contributed by atoms with van der Waals surface area (Å²) in [5, 5.41) is 1.30. The Balaban J connectivity index is 2.61. The fourth-order valence-corrected chi connectivity index (χ4v) is 3.60. The zero-order chi connectivity index (χ0) is 11.6. The van der Waals surface area contributed by atoms with Crippen LogP contribution in [0.2, 0.25) is 0 Å². The third-order valence-corrected chi connectivity index (χ3v) is 4.17. The Labute approximate surface area is 97.8 Å². The molecule has 0 bridgehead atoms. The molecule has 1 fully saturated rings. The molecule has 0 spiro atoms. The number of rotatable bonds is 4. The van der Waals surface area contributed by atoms with Crippen molar-refractivity contribution in [3.63, 3.8) is 0 Å². The van der Waals surface area contributed by atoms with Crippen LogP contribution in [0.5, 0.6) is 0 Å². The number of carbonyl (C=O) groups is 1. The van der Waals surface area contributed by atoms with Gasteiger partial charge in [-0.05, 0) is 32.4 Å². The molecule has 2 atom stereocenters. The molecule has 1 aliphatic rings. The van der Waals surface area contributed by atoms with Gasteiger partial charge in [-0.25, -0.2) is 0 Å². The van der Waals surface area contributed by atoms with E-state index in [0.29, 0.717) is 22.3 Å². The summed E-state index contributed by atoms with van der Waals surface area (Å²) < 4.78 is 0. The molecular weight excluding hydrogens is 206 g/mol. The average Bonchev–Trinajstić information content (AvgIpc) is 2.46. The zero-order valence-corrected chi connectivity index (χ0v) is 11.3. The summed E-state index contributed by atoms with van der Waals surface area (Å²) in [6.45, 7) is 11.6. The average molecular weight is 229 g/mol. The molecule has 2 unspecified atom stereocenters. The number of hydrogen-bond donors (Lipinski definition) is 0. The van der Waals surface area contributed by atoms with Crippen LogP contribution in [0, 0.1) is 0 Å². The van der Waals surface area contributed by atoms with Crippen molar-refractivity contribution in [3.05, 3.63) is 0 Å². The van der Waals surface area contributed by atoms with Crippen molar-refractivity contribution in [1.29, 1.82) is 0 Å². The lowest BCUT2D eigenvalue weighted by Crippen LogP contribution is -2.39. The minimum atomic E-state index is 0.168. The maximum absolute atomic E-state index is 11.5. The normalized spacial score (nSPS) is 27.9. The smallest absolute Gasteiger partial charge is 0.146 e. The van der Waals surface area contributed by atoms with E-state index in [-0.39, 0.29) is 6.04 Å². The first-order chi connectivity index (χ1) is 6.91. The van der Waals surface area contributed by atoms with Gasteiger partial charge in [-0.15, -0.1) is 0 Å². The van der Waals surface area contributed by atoms with E-state index >= 15 is 0 Å². The number of Topliss-reactive ketones (excluding diaryl/α,β-unsaturated/α-hetero) is 1. The van der Waals surface area contributed by atoms with Crippen molar-refractivity contribution in [2.45, 2.75) is 63.6 Å². The highest BCUT2D eigenvalue weighted by atomic mass is 32.2. The standard InChI is InChI=1S/C12H23NOS/c1-8(2)13-7-11(15-9(3)4)6-12(13)10(5)14/h8-9,11-12H,6-7H2,1-5H3. The molecule has 2 nitrogen and oxygen atoms in total. The third-order valence-electron chi connectivity index (χ3n) is 2.90. The summed E-state index contributed by atoms with van der Waals surface area (Å²) in [5.74, 6) is 0.329. The number of hydrogen-bond acceptors (Lipinski definition) is 3. The van der Waals surface area contributed by atoms with E-state index < -0.39 is 0 Å². The molecule has 3 heteroatoms. The Morgan fingerprint density at radius 3 is 2.27 bits per heavy atom. The molecule has 0 radical (unpaired) electrons. The summed E-state index contributed by atoms with van der Waals surface area (Å²) in [4.78, 5) is 13.9. The molecule has 1 saturated heterocycles. The minimum Gasteiger partial charge on any atom is -0.298 e. The Kier molecular flexibility index (Phi) is 4.65. The molecule has 0 aromatic rings. The van der Waals surface area contributed by atoms with Crippen LogP contribution in [-0.4, -0.2) is 39.8 Å². The molecule has 0 amide bonds. The highest BCUT2D eigenvalue weighted by Crippen LogP contribution is 2.31. The van der Waals surface area contributed by atoms with Crippen LogP contribution in [0.3, 0.4) is 0 Å². The van der Waals surface area contributed by atoms with Gasteiger partial charge >= 0.3 is 0 Å². The summed E-state index contributed by atoms with van der Waals surface area (Å²) in [6, 6.07) is 0.651. The van der Waals surface area contributed by atoms with Crippen LogP contribution in [0.4, 0.5) is 0 Å². The van der Waals surface area contributed by atoms with Crippen LogP contribution in [-0.2, 0) is 4.79 Å². The fourth-order valence-electron chi connectivity index (χ4n) is 2.28. The van der Waals surface area contributed by atoms with Crippen LogP contribution < -0.4 is 0 Å². The Morgan fingerprint density at radius 2 is 1.93 bits per heavy atom. The van der Waals surface area contributed by atoms with Gasteiger partial charge in [0.15, 0.2) is 0 Å². The lowest BCUT2D eigenvalue weighted by molar-refractivity contribution is -0.121. The molecule has 0 aromatic heterocycles. The van der Waals surface area contributed by atoms with Gasteiger partial charge in [0.2, 0.25) is 0 Å². The second-order valence-electron chi connectivity index (χ2n) is 4.96. The first-order valence-electron chi connectivity index (χ1n) is 5.83. The van der Waals surface area contributed by atoms with Crippen LogP contribution in [0.1, 0.15) is 41.0 Å². The summed E-state index contributed by atoms with van der Waals surface area (Å²) in [6.07, 6.45) is 1.04. The van der Waals surface area contributed by atoms with Gasteiger partial charge in [0.1, 0.15) is 5.78 Å². The van der Waals surface area contributed by atoms with Crippen molar-refractivity contribution < 1.29 is 4.79 Å². The Bertz CT molecular complexity index is 228. The maximum atomic E-state index is 11.5. The van der Waals surface area contributed by atoms with Gasteiger partial charge in [0, 0.05) is 17.8 Å². The second-order valence-corrected chi connectivity index (χ2v) is 6.84. The lowest BCUT2D eigenvalue weighted by atomic mass is 10.1. The molecule has 1 heterocycles. The van der Waals surface area contributed by atoms with Crippen molar-refractivity contribution in [2.24, 2.45) is 0 Å². The number of ketones is 1. The molecule has 1 aliphatic heterocycles. The lowest BCUT2D eigenvalue weighted by Gasteiger charge is -2.26. The second kappa shape index (κ2) is 5.35. The summed E-state index contributed by atoms with van der Waals surface area (Å²) >= 11 is 2.01. The zero-order valence-electron chi connectivity index (χ0n) is 10.5. The Hall–Kier alpha value is -0.0200. The van der Waals surface area contributed by atoms with Crippen LogP contribution in [0.15, 0.2) is 0 Å². The van der Waals surface area contributed by atoms with Gasteiger partial charge in [0.25, 0.3) is 0 Å². The topological polar surface area (TPSA) is 20.3 Å². The molecular formula is C12H23NOS. The monoisotopic (exact) mass is 229 g/mol. The van der Waals surface area contributed by atoms with Crippen molar-refractivity contribution >= 4 is 17.5 Å². The van der Waals surface area contributed by atoms with E-state index in [4.69, 9.17) is 0 Å². The van der Waals surface area contributed by atoms with Crippen LogP contribution >= 0.6 is 11.8 Å². The number of carbonyl (C=O) groups excluding carboxylic acids is 1. The number of likely N-dealkylation sites (tertiary alicyclic amines) is 1.